The third kappa shape index (κ3) is 3.07. The fourth-order valence-electron chi connectivity index (χ4n) is 2.25. The molecule has 1 aromatic carbocycles. The molecule has 126 valence electrons. The molecule has 0 aliphatic heterocycles. The number of hydrogen-bond donors (Lipinski definition) is 1. The van der Waals surface area contributed by atoms with Crippen LogP contribution in [-0.4, -0.2) is 13.6 Å². The van der Waals surface area contributed by atoms with E-state index in [2.05, 4.69) is 9.88 Å². The normalized spacial score (nSPS) is 11.7. The zero-order valence-corrected chi connectivity index (χ0v) is 14.9. The number of rotatable bonds is 4. The lowest BCUT2D eigenvalue weighted by atomic mass is 10.2. The Morgan fingerprint density at radius 2 is 1.96 bits per heavy atom. The zero-order chi connectivity index (χ0) is 17.5. The maximum atomic E-state index is 13.2. The van der Waals surface area contributed by atoms with Gasteiger partial charge in [-0.25, -0.2) is 12.8 Å². The number of aromatic nitrogens is 1. The van der Waals surface area contributed by atoms with E-state index < -0.39 is 15.8 Å². The van der Waals surface area contributed by atoms with Crippen molar-refractivity contribution >= 4 is 27.0 Å². The summed E-state index contributed by atoms with van der Waals surface area (Å²) in [6.45, 7) is 5.41. The second-order valence-electron chi connectivity index (χ2n) is 5.37. The third-order valence-corrected chi connectivity index (χ3v) is 6.31. The van der Waals surface area contributed by atoms with Crippen molar-refractivity contribution in [1.82, 2.24) is 5.16 Å². The summed E-state index contributed by atoms with van der Waals surface area (Å²) in [5.74, 6) is 0.0542. The van der Waals surface area contributed by atoms with Crippen LogP contribution in [0.15, 0.2) is 39.8 Å². The van der Waals surface area contributed by atoms with Gasteiger partial charge in [-0.2, -0.15) is 0 Å². The van der Waals surface area contributed by atoms with Crippen LogP contribution in [0, 0.1) is 26.6 Å². The predicted octanol–water partition coefficient (Wildman–Crippen LogP) is 4.27. The summed E-state index contributed by atoms with van der Waals surface area (Å²) >= 11 is 1.31. The summed E-state index contributed by atoms with van der Waals surface area (Å²) in [5.41, 5.74) is 1.81. The monoisotopic (exact) mass is 366 g/mol. The molecular formula is C16H15FN2O3S2. The molecule has 8 heteroatoms. The summed E-state index contributed by atoms with van der Waals surface area (Å²) in [6.07, 6.45) is 0. The van der Waals surface area contributed by atoms with Crippen molar-refractivity contribution in [3.8, 4) is 10.6 Å². The number of thiophene rings is 1. The number of nitrogens with zero attached hydrogens (tertiary/aromatic N) is 1. The second kappa shape index (κ2) is 6.03. The Bertz CT molecular complexity index is 1010. The summed E-state index contributed by atoms with van der Waals surface area (Å²) in [4.78, 5) is 1.44. The molecule has 0 atom stereocenters. The van der Waals surface area contributed by atoms with Crippen LogP contribution in [0.3, 0.4) is 0 Å². The van der Waals surface area contributed by atoms with Crippen molar-refractivity contribution in [2.45, 2.75) is 25.7 Å². The van der Waals surface area contributed by atoms with Gasteiger partial charge in [0, 0.05) is 10.4 Å². The van der Waals surface area contributed by atoms with Gasteiger partial charge in [-0.05, 0) is 45.0 Å². The minimum Gasteiger partial charge on any atom is -0.355 e. The first kappa shape index (κ1) is 16.7. The molecule has 0 radical (unpaired) electrons. The van der Waals surface area contributed by atoms with E-state index in [-0.39, 0.29) is 10.6 Å². The molecule has 3 rings (SSSR count). The van der Waals surface area contributed by atoms with Crippen molar-refractivity contribution in [2.75, 3.05) is 4.72 Å². The molecule has 0 aliphatic rings. The quantitative estimate of drug-likeness (QED) is 0.748. The molecule has 0 saturated carbocycles. The molecule has 5 nitrogen and oxygen atoms in total. The van der Waals surface area contributed by atoms with Crippen LogP contribution in [0.1, 0.15) is 16.1 Å². The van der Waals surface area contributed by atoms with Gasteiger partial charge in [-0.15, -0.1) is 11.3 Å². The third-order valence-electron chi connectivity index (χ3n) is 3.62. The summed E-state index contributed by atoms with van der Waals surface area (Å²) < 4.78 is 46.1. The molecule has 1 N–H and O–H groups in total. The Labute approximate surface area is 143 Å². The molecule has 0 unspecified atom stereocenters. The molecule has 3 aromatic rings. The van der Waals surface area contributed by atoms with Crippen molar-refractivity contribution < 1.29 is 17.3 Å². The molecule has 0 aliphatic carbocycles. The average Bonchev–Trinajstić information content (AvgIpc) is 3.03. The van der Waals surface area contributed by atoms with Gasteiger partial charge in [-0.1, -0.05) is 11.2 Å². The molecule has 24 heavy (non-hydrogen) atoms. The van der Waals surface area contributed by atoms with E-state index in [0.29, 0.717) is 15.5 Å². The Morgan fingerprint density at radius 1 is 1.21 bits per heavy atom. The first-order valence-electron chi connectivity index (χ1n) is 7.10. The van der Waals surface area contributed by atoms with Crippen molar-refractivity contribution in [1.29, 1.82) is 0 Å². The Hall–Kier alpha value is -2.19. The van der Waals surface area contributed by atoms with E-state index in [1.54, 1.807) is 13.0 Å². The van der Waals surface area contributed by atoms with E-state index in [1.807, 2.05) is 13.8 Å². The average molecular weight is 366 g/mol. The van der Waals surface area contributed by atoms with Gasteiger partial charge in [0.25, 0.3) is 10.0 Å². The molecule has 2 aromatic heterocycles. The number of benzene rings is 1. The van der Waals surface area contributed by atoms with Crippen molar-refractivity contribution in [2.24, 2.45) is 0 Å². The highest BCUT2D eigenvalue weighted by atomic mass is 32.2. The van der Waals surface area contributed by atoms with Gasteiger partial charge in [0.2, 0.25) is 0 Å². The van der Waals surface area contributed by atoms with Gasteiger partial charge in [0.05, 0.1) is 16.3 Å². The maximum Gasteiger partial charge on any atom is 0.263 e. The molecular weight excluding hydrogens is 351 g/mol. The number of anilines is 1. The number of sulfonamides is 1. The number of nitrogens with one attached hydrogen (secondary N) is 1. The maximum absolute atomic E-state index is 13.2. The lowest BCUT2D eigenvalue weighted by molar-refractivity contribution is 0.427. The van der Waals surface area contributed by atoms with Crippen LogP contribution in [0.4, 0.5) is 10.1 Å². The van der Waals surface area contributed by atoms with Gasteiger partial charge in [0.15, 0.2) is 5.76 Å². The highest BCUT2D eigenvalue weighted by Gasteiger charge is 2.23. The SMILES string of the molecule is Cc1noc(-c2cc(S(=O)(=O)Nc3cccc(F)c3)c(C)s2)c1C. The Morgan fingerprint density at radius 3 is 2.58 bits per heavy atom. The van der Waals surface area contributed by atoms with Crippen LogP contribution in [-0.2, 0) is 10.0 Å². The number of hydrogen-bond acceptors (Lipinski definition) is 5. The van der Waals surface area contributed by atoms with Crippen LogP contribution < -0.4 is 4.72 Å². The lowest BCUT2D eigenvalue weighted by Crippen LogP contribution is -2.13. The fraction of sp³-hybridized carbons (Fsp3) is 0.188. The van der Waals surface area contributed by atoms with Gasteiger partial charge >= 0.3 is 0 Å². The van der Waals surface area contributed by atoms with E-state index in [0.717, 1.165) is 17.3 Å². The minimum atomic E-state index is -3.82. The Kier molecular flexibility index (Phi) is 4.18. The van der Waals surface area contributed by atoms with E-state index >= 15 is 0 Å². The number of aryl methyl sites for hydroxylation is 2. The first-order chi connectivity index (χ1) is 11.3. The first-order valence-corrected chi connectivity index (χ1v) is 9.40. The lowest BCUT2D eigenvalue weighted by Gasteiger charge is -2.07. The minimum absolute atomic E-state index is 0.139. The smallest absolute Gasteiger partial charge is 0.263 e. The van der Waals surface area contributed by atoms with Crippen molar-refractivity contribution in [3.63, 3.8) is 0 Å². The van der Waals surface area contributed by atoms with Gasteiger partial charge < -0.3 is 4.52 Å². The van der Waals surface area contributed by atoms with Gasteiger partial charge in [-0.3, -0.25) is 4.72 Å². The summed E-state index contributed by atoms with van der Waals surface area (Å²) in [5, 5.41) is 3.90. The second-order valence-corrected chi connectivity index (χ2v) is 8.28. The highest BCUT2D eigenvalue weighted by Crippen LogP contribution is 2.36. The molecule has 0 saturated heterocycles. The zero-order valence-electron chi connectivity index (χ0n) is 13.3. The molecule has 0 amide bonds. The highest BCUT2D eigenvalue weighted by molar-refractivity contribution is 7.93. The molecule has 0 bridgehead atoms. The largest absolute Gasteiger partial charge is 0.355 e. The molecule has 0 fully saturated rings. The summed E-state index contributed by atoms with van der Waals surface area (Å²) in [6, 6.07) is 6.87. The van der Waals surface area contributed by atoms with Crippen LogP contribution >= 0.6 is 11.3 Å². The van der Waals surface area contributed by atoms with E-state index in [1.165, 1.54) is 29.5 Å². The molecule has 2 heterocycles. The van der Waals surface area contributed by atoms with E-state index in [4.69, 9.17) is 4.52 Å². The van der Waals surface area contributed by atoms with Crippen molar-refractivity contribution in [3.05, 3.63) is 52.3 Å². The number of halogens is 1. The van der Waals surface area contributed by atoms with Crippen LogP contribution in [0.2, 0.25) is 0 Å². The van der Waals surface area contributed by atoms with Gasteiger partial charge in [0.1, 0.15) is 10.7 Å². The fourth-order valence-corrected chi connectivity index (χ4v) is 4.93. The van der Waals surface area contributed by atoms with Crippen LogP contribution in [0.5, 0.6) is 0 Å². The van der Waals surface area contributed by atoms with E-state index in [9.17, 15) is 12.8 Å². The predicted molar refractivity (Wildman–Crippen MR) is 91.2 cm³/mol. The molecule has 0 spiro atoms. The Balaban J connectivity index is 1.98. The summed E-state index contributed by atoms with van der Waals surface area (Å²) in [7, 11) is -3.82. The van der Waals surface area contributed by atoms with Crippen LogP contribution in [0.25, 0.3) is 10.6 Å². The standard InChI is InChI=1S/C16H15FN2O3S2/c1-9-10(2)18-22-16(9)14-8-15(11(3)23-14)24(20,21)19-13-6-4-5-12(17)7-13/h4-8,19H,1-3H3. The topological polar surface area (TPSA) is 72.2 Å².